The molecule has 4 heterocycles. The summed E-state index contributed by atoms with van der Waals surface area (Å²) < 4.78 is 11.8. The van der Waals surface area contributed by atoms with Gasteiger partial charge in [-0.15, -0.1) is 0 Å². The van der Waals surface area contributed by atoms with E-state index in [0.29, 0.717) is 37.8 Å². The van der Waals surface area contributed by atoms with Crippen molar-refractivity contribution in [1.82, 2.24) is 20.6 Å². The first-order chi connectivity index (χ1) is 16.1. The molecule has 3 aliphatic heterocycles. The highest BCUT2D eigenvalue weighted by Crippen LogP contribution is 2.34. The molecule has 1 aromatic heterocycles. The quantitative estimate of drug-likeness (QED) is 0.304. The third-order valence-corrected chi connectivity index (χ3v) is 5.72. The average molecular weight is 457 g/mol. The zero-order valence-corrected chi connectivity index (χ0v) is 19.2. The minimum Gasteiger partial charge on any atom is -0.390 e. The highest BCUT2D eigenvalue weighted by Gasteiger charge is 2.37. The van der Waals surface area contributed by atoms with Crippen LogP contribution in [0.5, 0.6) is 0 Å². The Morgan fingerprint density at radius 1 is 1.30 bits per heavy atom. The molecule has 4 rings (SSSR count). The minimum absolute atomic E-state index is 0.175. The molecule has 5 atom stereocenters. The summed E-state index contributed by atoms with van der Waals surface area (Å²) in [6.07, 6.45) is 7.89. The summed E-state index contributed by atoms with van der Waals surface area (Å²) in [5.41, 5.74) is 2.72. The van der Waals surface area contributed by atoms with Crippen LogP contribution < -0.4 is 21.3 Å². The van der Waals surface area contributed by atoms with Crippen LogP contribution in [0.4, 0.5) is 11.6 Å². The second-order valence-electron chi connectivity index (χ2n) is 8.05. The van der Waals surface area contributed by atoms with Crippen LogP contribution in [0.2, 0.25) is 0 Å². The van der Waals surface area contributed by atoms with Crippen molar-refractivity contribution in [3.05, 3.63) is 35.4 Å². The van der Waals surface area contributed by atoms with Gasteiger partial charge in [0, 0.05) is 31.4 Å². The first kappa shape index (κ1) is 23.3. The van der Waals surface area contributed by atoms with E-state index < -0.39 is 6.10 Å². The van der Waals surface area contributed by atoms with Crippen molar-refractivity contribution in [2.24, 2.45) is 9.98 Å². The maximum Gasteiger partial charge on any atom is 0.146 e. The van der Waals surface area contributed by atoms with E-state index in [1.165, 1.54) is 6.33 Å². The number of aliphatic imine (C=N–C) groups is 2. The van der Waals surface area contributed by atoms with Gasteiger partial charge in [-0.05, 0) is 20.8 Å². The molecule has 1 aromatic rings. The Bertz CT molecular complexity index is 948. The van der Waals surface area contributed by atoms with Gasteiger partial charge in [-0.1, -0.05) is 12.2 Å². The molecule has 0 spiro atoms. The molecule has 11 heteroatoms. The number of nitrogens with one attached hydrogen (secondary N) is 4. The molecule has 1 saturated heterocycles. The summed E-state index contributed by atoms with van der Waals surface area (Å²) in [6, 6.07) is 0. The number of nitrogens with zero attached hydrogens (tertiary/aromatic N) is 4. The fourth-order valence-corrected chi connectivity index (χ4v) is 4.00. The van der Waals surface area contributed by atoms with Gasteiger partial charge in [-0.25, -0.2) is 9.97 Å². The molecule has 0 amide bonds. The fraction of sp³-hybridized carbons (Fsp3) is 0.545. The van der Waals surface area contributed by atoms with Gasteiger partial charge in [0.1, 0.15) is 36.5 Å². The molecule has 0 radical (unpaired) electrons. The number of rotatable bonds is 7. The van der Waals surface area contributed by atoms with Gasteiger partial charge in [0.2, 0.25) is 0 Å². The summed E-state index contributed by atoms with van der Waals surface area (Å²) in [5.74, 6) is 1.36. The largest absolute Gasteiger partial charge is 0.390 e. The first-order valence-electron chi connectivity index (χ1n) is 11.2. The van der Waals surface area contributed by atoms with Gasteiger partial charge in [0.15, 0.2) is 0 Å². The number of hydrogen-bond donors (Lipinski definition) is 5. The van der Waals surface area contributed by atoms with Gasteiger partial charge in [0.05, 0.1) is 36.4 Å². The Kier molecular flexibility index (Phi) is 7.65. The monoisotopic (exact) mass is 456 g/mol. The van der Waals surface area contributed by atoms with E-state index in [0.717, 1.165) is 17.0 Å². The number of aliphatic hydroxyl groups excluding tert-OH is 1. The Morgan fingerprint density at radius 2 is 2.15 bits per heavy atom. The van der Waals surface area contributed by atoms with Gasteiger partial charge < -0.3 is 30.5 Å². The topological polar surface area (TPSA) is 137 Å². The zero-order chi connectivity index (χ0) is 23.2. The summed E-state index contributed by atoms with van der Waals surface area (Å²) in [5, 5.41) is 23.2. The highest BCUT2D eigenvalue weighted by molar-refractivity contribution is 5.63. The predicted molar refractivity (Wildman–Crippen MR) is 127 cm³/mol. The van der Waals surface area contributed by atoms with Crippen molar-refractivity contribution >= 4 is 24.2 Å². The lowest BCUT2D eigenvalue weighted by molar-refractivity contribution is -0.0557. The van der Waals surface area contributed by atoms with Crippen LogP contribution in [0.1, 0.15) is 38.9 Å². The summed E-state index contributed by atoms with van der Waals surface area (Å²) in [7, 11) is 0. The maximum absolute atomic E-state index is 10.1. The lowest BCUT2D eigenvalue weighted by atomic mass is 10.1. The van der Waals surface area contributed by atoms with Crippen molar-refractivity contribution in [3.8, 4) is 0 Å². The number of fused-ring (bicyclic) bond motifs is 3. The van der Waals surface area contributed by atoms with E-state index in [9.17, 15) is 5.11 Å². The number of aliphatic hydroxyl groups is 1. The summed E-state index contributed by atoms with van der Waals surface area (Å²) in [6.45, 7) is 7.37. The number of aromatic nitrogens is 2. The molecule has 0 aromatic carbocycles. The predicted octanol–water partition coefficient (Wildman–Crippen LogP) is 1.29. The van der Waals surface area contributed by atoms with Crippen molar-refractivity contribution in [2.45, 2.75) is 57.9 Å². The zero-order valence-electron chi connectivity index (χ0n) is 19.2. The second kappa shape index (κ2) is 10.8. The molecule has 0 aliphatic carbocycles. The van der Waals surface area contributed by atoms with E-state index in [4.69, 9.17) is 9.47 Å². The van der Waals surface area contributed by atoms with Gasteiger partial charge in [0.25, 0.3) is 0 Å². The van der Waals surface area contributed by atoms with Gasteiger partial charge in [-0.2, -0.15) is 0 Å². The van der Waals surface area contributed by atoms with Crippen LogP contribution in [0.25, 0.3) is 0 Å². The average Bonchev–Trinajstić information content (AvgIpc) is 3.17. The van der Waals surface area contributed by atoms with Crippen LogP contribution in [0.15, 0.2) is 39.9 Å². The Hall–Kier alpha value is -2.86. The van der Waals surface area contributed by atoms with Gasteiger partial charge in [-0.3, -0.25) is 15.3 Å². The minimum atomic E-state index is -0.547. The molecule has 5 N–H and O–H groups in total. The van der Waals surface area contributed by atoms with Crippen LogP contribution in [-0.4, -0.2) is 71.9 Å². The molecule has 3 unspecified atom stereocenters. The lowest BCUT2D eigenvalue weighted by Crippen LogP contribution is -2.35. The Labute approximate surface area is 193 Å². The fourth-order valence-electron chi connectivity index (χ4n) is 4.00. The summed E-state index contributed by atoms with van der Waals surface area (Å²) >= 11 is 0. The summed E-state index contributed by atoms with van der Waals surface area (Å²) in [4.78, 5) is 17.6. The van der Waals surface area contributed by atoms with E-state index in [2.05, 4.69) is 41.2 Å². The van der Waals surface area contributed by atoms with Crippen LogP contribution in [-0.2, 0) is 9.47 Å². The van der Waals surface area contributed by atoms with E-state index in [-0.39, 0.29) is 24.6 Å². The molecule has 3 aliphatic rings. The van der Waals surface area contributed by atoms with Crippen molar-refractivity contribution < 1.29 is 14.6 Å². The molecule has 1 fully saturated rings. The third kappa shape index (κ3) is 5.56. The number of anilines is 2. The van der Waals surface area contributed by atoms with E-state index in [1.54, 1.807) is 12.6 Å². The highest BCUT2D eigenvalue weighted by atomic mass is 16.6. The van der Waals surface area contributed by atoms with Crippen molar-refractivity contribution in [1.29, 1.82) is 0 Å². The Balaban J connectivity index is 1.34. The standard InChI is InChI=1S/C22H32N8O3/c1-4-23-19-13(2)26-11-29-22(19)25-8-6-5-7-24-20-18-14(3)32-10-16-15(31)9-17(33-16)30-21(18)28-12-27-20/h4-6,11-12,14-17,22,25,31H,7-10H2,1-3H3,(H,26,29)(H2,24,27,28,30)/b6-5+,23-4?/t14?,15?,16-,17-,22?/m1/s1. The van der Waals surface area contributed by atoms with Crippen LogP contribution >= 0.6 is 0 Å². The van der Waals surface area contributed by atoms with Crippen molar-refractivity contribution in [3.63, 3.8) is 0 Å². The molecule has 11 nitrogen and oxygen atoms in total. The Morgan fingerprint density at radius 3 is 3.00 bits per heavy atom. The van der Waals surface area contributed by atoms with Crippen molar-refractivity contribution in [2.75, 3.05) is 30.3 Å². The van der Waals surface area contributed by atoms with Crippen LogP contribution in [0, 0.1) is 0 Å². The third-order valence-electron chi connectivity index (χ3n) is 5.72. The second-order valence-corrected chi connectivity index (χ2v) is 8.05. The van der Waals surface area contributed by atoms with E-state index in [1.807, 2.05) is 32.9 Å². The molecule has 0 saturated carbocycles. The normalized spacial score (nSPS) is 29.4. The number of hydrogen-bond acceptors (Lipinski definition) is 11. The maximum atomic E-state index is 10.1. The van der Waals surface area contributed by atoms with Gasteiger partial charge >= 0.3 is 0 Å². The molecule has 178 valence electrons. The van der Waals surface area contributed by atoms with Crippen LogP contribution in [0.3, 0.4) is 0 Å². The molecule has 2 bridgehead atoms. The molecular weight excluding hydrogens is 424 g/mol. The first-order valence-corrected chi connectivity index (χ1v) is 11.2. The molecular formula is C22H32N8O3. The lowest BCUT2D eigenvalue weighted by Gasteiger charge is -2.21. The smallest absolute Gasteiger partial charge is 0.146 e. The number of ether oxygens (including phenoxy) is 2. The number of allylic oxidation sites excluding steroid dienone is 1. The van der Waals surface area contributed by atoms with E-state index >= 15 is 0 Å². The SMILES string of the molecule is CC=NC1=C(C)NC=NC1NC/C=C/CNc1ncnc2c1C(C)OC[C@H]1O[C@H](CC1O)N2. The molecule has 33 heavy (non-hydrogen) atoms.